The van der Waals surface area contributed by atoms with Crippen LogP contribution in [0.1, 0.15) is 19.4 Å². The van der Waals surface area contributed by atoms with Gasteiger partial charge in [-0.3, -0.25) is 0 Å². The Balaban J connectivity index is 3.01. The third-order valence-corrected chi connectivity index (χ3v) is 2.21. The number of hydrogen-bond acceptors (Lipinski definition) is 3. The number of aliphatic hydroxyl groups is 1. The van der Waals surface area contributed by atoms with Crippen LogP contribution in [0.25, 0.3) is 0 Å². The molecule has 80 valence electrons. The zero-order chi connectivity index (χ0) is 11.5. The second-order valence-corrected chi connectivity index (χ2v) is 4.41. The molecule has 0 aliphatic rings. The van der Waals surface area contributed by atoms with Gasteiger partial charge in [-0.05, 0) is 32.0 Å². The predicted octanol–water partition coefficient (Wildman–Crippen LogP) is 2.39. The topological polar surface area (TPSA) is 56.0 Å². The van der Waals surface area contributed by atoms with Gasteiger partial charge in [0.25, 0.3) is 0 Å². The number of nitrogens with zero attached hydrogens (tertiary/aromatic N) is 1. The summed E-state index contributed by atoms with van der Waals surface area (Å²) in [5.41, 5.74) is 0.698. The smallest absolute Gasteiger partial charge is 0.101 e. The summed E-state index contributed by atoms with van der Waals surface area (Å²) >= 11 is 5.77. The van der Waals surface area contributed by atoms with Gasteiger partial charge in [-0.15, -0.1) is 0 Å². The van der Waals surface area contributed by atoms with E-state index in [2.05, 4.69) is 11.4 Å². The van der Waals surface area contributed by atoms with E-state index in [0.717, 1.165) is 0 Å². The number of anilines is 1. The van der Waals surface area contributed by atoms with Gasteiger partial charge >= 0.3 is 0 Å². The fourth-order valence-electron chi connectivity index (χ4n) is 1.12. The van der Waals surface area contributed by atoms with Crippen LogP contribution in [0.2, 0.25) is 5.02 Å². The molecular weight excluding hydrogens is 212 g/mol. The molecular formula is C11H13ClN2O. The van der Waals surface area contributed by atoms with Crippen molar-refractivity contribution in [2.75, 3.05) is 11.9 Å². The van der Waals surface area contributed by atoms with Crippen LogP contribution >= 0.6 is 11.6 Å². The van der Waals surface area contributed by atoms with Crippen LogP contribution in [0.3, 0.4) is 0 Å². The number of hydrogen-bond donors (Lipinski definition) is 2. The molecule has 0 bridgehead atoms. The molecule has 1 aromatic rings. The summed E-state index contributed by atoms with van der Waals surface area (Å²) in [6.07, 6.45) is 0. The molecule has 1 aromatic carbocycles. The Morgan fingerprint density at radius 2 is 2.20 bits per heavy atom. The summed E-state index contributed by atoms with van der Waals surface area (Å²) in [7, 11) is 0. The van der Waals surface area contributed by atoms with Gasteiger partial charge in [0.05, 0.1) is 23.4 Å². The van der Waals surface area contributed by atoms with Crippen molar-refractivity contribution < 1.29 is 5.11 Å². The molecule has 0 amide bonds. The van der Waals surface area contributed by atoms with E-state index < -0.39 is 5.54 Å². The highest BCUT2D eigenvalue weighted by Crippen LogP contribution is 2.22. The first-order chi connectivity index (χ1) is 6.98. The van der Waals surface area contributed by atoms with E-state index in [1.807, 2.05) is 13.8 Å². The minimum atomic E-state index is -0.459. The molecule has 2 N–H and O–H groups in total. The Hall–Kier alpha value is -1.24. The molecule has 0 unspecified atom stereocenters. The Bertz CT molecular complexity index is 396. The Morgan fingerprint density at radius 1 is 1.53 bits per heavy atom. The fourth-order valence-corrected chi connectivity index (χ4v) is 1.29. The molecule has 4 heteroatoms. The molecule has 0 aliphatic carbocycles. The quantitative estimate of drug-likeness (QED) is 0.829. The van der Waals surface area contributed by atoms with Crippen molar-refractivity contribution in [2.45, 2.75) is 19.4 Å². The number of benzene rings is 1. The molecule has 0 atom stereocenters. The second-order valence-electron chi connectivity index (χ2n) is 3.97. The van der Waals surface area contributed by atoms with Gasteiger partial charge in [0.1, 0.15) is 6.07 Å². The van der Waals surface area contributed by atoms with Crippen LogP contribution in [0.4, 0.5) is 5.69 Å². The van der Waals surface area contributed by atoms with Crippen molar-refractivity contribution in [3.63, 3.8) is 0 Å². The minimum Gasteiger partial charge on any atom is -0.394 e. The van der Waals surface area contributed by atoms with Crippen LogP contribution in [0, 0.1) is 11.3 Å². The molecule has 0 heterocycles. The Morgan fingerprint density at radius 3 is 2.73 bits per heavy atom. The van der Waals surface area contributed by atoms with Crippen molar-refractivity contribution >= 4 is 17.3 Å². The Kier molecular flexibility index (Phi) is 3.57. The van der Waals surface area contributed by atoms with Gasteiger partial charge in [-0.2, -0.15) is 5.26 Å². The van der Waals surface area contributed by atoms with Gasteiger partial charge in [-0.1, -0.05) is 11.6 Å². The zero-order valence-electron chi connectivity index (χ0n) is 8.71. The standard InChI is InChI=1S/C11H13ClN2O/c1-11(2,7-15)14-10-4-3-9(12)5-8(10)6-13/h3-5,14-15H,7H2,1-2H3. The van der Waals surface area contributed by atoms with Crippen LogP contribution in [0.15, 0.2) is 18.2 Å². The lowest BCUT2D eigenvalue weighted by Crippen LogP contribution is -2.35. The van der Waals surface area contributed by atoms with E-state index in [1.54, 1.807) is 18.2 Å². The average Bonchev–Trinajstić information content (AvgIpc) is 2.20. The minimum absolute atomic E-state index is 0.0134. The highest BCUT2D eigenvalue weighted by molar-refractivity contribution is 6.30. The van der Waals surface area contributed by atoms with Crippen LogP contribution < -0.4 is 5.32 Å². The summed E-state index contributed by atoms with van der Waals surface area (Å²) in [5.74, 6) is 0. The maximum absolute atomic E-state index is 9.10. The summed E-state index contributed by atoms with van der Waals surface area (Å²) in [6, 6.07) is 7.09. The lowest BCUT2D eigenvalue weighted by molar-refractivity contribution is 0.234. The van der Waals surface area contributed by atoms with Crippen LogP contribution in [0.5, 0.6) is 0 Å². The van der Waals surface area contributed by atoms with E-state index in [0.29, 0.717) is 16.3 Å². The van der Waals surface area contributed by atoms with Crippen molar-refractivity contribution in [1.82, 2.24) is 0 Å². The molecule has 15 heavy (non-hydrogen) atoms. The van der Waals surface area contributed by atoms with Gasteiger partial charge in [0.2, 0.25) is 0 Å². The van der Waals surface area contributed by atoms with Crippen molar-refractivity contribution in [3.05, 3.63) is 28.8 Å². The molecule has 0 fully saturated rings. The summed E-state index contributed by atoms with van der Waals surface area (Å²) < 4.78 is 0. The van der Waals surface area contributed by atoms with E-state index in [-0.39, 0.29) is 6.61 Å². The van der Waals surface area contributed by atoms with Crippen molar-refractivity contribution in [1.29, 1.82) is 5.26 Å². The van der Waals surface area contributed by atoms with Gasteiger partial charge in [0, 0.05) is 5.02 Å². The third-order valence-electron chi connectivity index (χ3n) is 1.97. The summed E-state index contributed by atoms with van der Waals surface area (Å²) in [4.78, 5) is 0. The number of nitriles is 1. The highest BCUT2D eigenvalue weighted by Gasteiger charge is 2.17. The molecule has 0 aromatic heterocycles. The van der Waals surface area contributed by atoms with Gasteiger partial charge in [0.15, 0.2) is 0 Å². The lowest BCUT2D eigenvalue weighted by Gasteiger charge is -2.25. The molecule has 0 radical (unpaired) electrons. The zero-order valence-corrected chi connectivity index (χ0v) is 9.47. The van der Waals surface area contributed by atoms with E-state index in [1.165, 1.54) is 0 Å². The van der Waals surface area contributed by atoms with Crippen LogP contribution in [-0.4, -0.2) is 17.3 Å². The first kappa shape index (κ1) is 11.8. The van der Waals surface area contributed by atoms with Crippen molar-refractivity contribution in [3.8, 4) is 6.07 Å². The monoisotopic (exact) mass is 224 g/mol. The second kappa shape index (κ2) is 4.52. The molecule has 3 nitrogen and oxygen atoms in total. The molecule has 0 aliphatic heterocycles. The number of nitrogens with one attached hydrogen (secondary N) is 1. The Labute approximate surface area is 94.3 Å². The fraction of sp³-hybridized carbons (Fsp3) is 0.364. The van der Waals surface area contributed by atoms with E-state index >= 15 is 0 Å². The first-order valence-corrected chi connectivity index (χ1v) is 4.95. The molecule has 0 saturated carbocycles. The van der Waals surface area contributed by atoms with Gasteiger partial charge in [-0.25, -0.2) is 0 Å². The average molecular weight is 225 g/mol. The number of rotatable bonds is 3. The van der Waals surface area contributed by atoms with Crippen molar-refractivity contribution in [2.24, 2.45) is 0 Å². The maximum atomic E-state index is 9.10. The first-order valence-electron chi connectivity index (χ1n) is 4.57. The number of aliphatic hydroxyl groups excluding tert-OH is 1. The third kappa shape index (κ3) is 3.12. The molecule has 0 saturated heterocycles. The maximum Gasteiger partial charge on any atom is 0.101 e. The van der Waals surface area contributed by atoms with Crippen LogP contribution in [-0.2, 0) is 0 Å². The normalized spacial score (nSPS) is 10.9. The SMILES string of the molecule is CC(C)(CO)Nc1ccc(Cl)cc1C#N. The summed E-state index contributed by atoms with van der Waals surface area (Å²) in [6.45, 7) is 3.69. The summed E-state index contributed by atoms with van der Waals surface area (Å²) in [5, 5.41) is 21.6. The predicted molar refractivity (Wildman–Crippen MR) is 61.0 cm³/mol. The van der Waals surface area contributed by atoms with E-state index in [9.17, 15) is 0 Å². The molecule has 0 spiro atoms. The lowest BCUT2D eigenvalue weighted by atomic mass is 10.1. The highest BCUT2D eigenvalue weighted by atomic mass is 35.5. The van der Waals surface area contributed by atoms with Gasteiger partial charge < -0.3 is 10.4 Å². The largest absolute Gasteiger partial charge is 0.394 e. The number of halogens is 1. The van der Waals surface area contributed by atoms with E-state index in [4.69, 9.17) is 22.0 Å². The molecule has 1 rings (SSSR count).